The summed E-state index contributed by atoms with van der Waals surface area (Å²) in [6.45, 7) is 0.722. The highest BCUT2D eigenvalue weighted by atomic mass is 79.9. The molecule has 0 fully saturated rings. The average molecular weight is 330 g/mol. The van der Waals surface area contributed by atoms with Crippen LogP contribution in [0.4, 0.5) is 0 Å². The highest BCUT2D eigenvalue weighted by Crippen LogP contribution is 2.39. The largest absolute Gasteiger partial charge is 0.330 e. The summed E-state index contributed by atoms with van der Waals surface area (Å²) in [6.07, 6.45) is 4.66. The molecule has 0 radical (unpaired) electrons. The van der Waals surface area contributed by atoms with Gasteiger partial charge in [-0.15, -0.1) is 0 Å². The van der Waals surface area contributed by atoms with Crippen LogP contribution >= 0.6 is 15.9 Å². The molecule has 0 amide bonds. The van der Waals surface area contributed by atoms with Crippen LogP contribution in [0.3, 0.4) is 0 Å². The second kappa shape index (κ2) is 5.71. The summed E-state index contributed by atoms with van der Waals surface area (Å²) in [6, 6.07) is 17.5. The molecule has 0 aromatic heterocycles. The second-order valence-corrected chi connectivity index (χ2v) is 6.71. The van der Waals surface area contributed by atoms with Gasteiger partial charge in [-0.3, -0.25) is 0 Å². The van der Waals surface area contributed by atoms with Gasteiger partial charge in [-0.25, -0.2) is 0 Å². The van der Waals surface area contributed by atoms with Crippen LogP contribution in [0.2, 0.25) is 0 Å². The number of benzene rings is 2. The molecule has 1 nitrogen and oxygen atoms in total. The predicted molar refractivity (Wildman–Crippen MR) is 88.0 cm³/mol. The minimum atomic E-state index is 0.114. The monoisotopic (exact) mass is 329 g/mol. The lowest BCUT2D eigenvalue weighted by atomic mass is 9.67. The van der Waals surface area contributed by atoms with E-state index in [4.69, 9.17) is 5.73 Å². The highest BCUT2D eigenvalue weighted by molar-refractivity contribution is 9.10. The van der Waals surface area contributed by atoms with E-state index < -0.39 is 0 Å². The SMILES string of the molecule is NCC1(Cc2ccc(Br)cc2)CCCc2ccccc21. The van der Waals surface area contributed by atoms with Crippen LogP contribution in [-0.2, 0) is 18.3 Å². The summed E-state index contributed by atoms with van der Waals surface area (Å²) >= 11 is 3.50. The predicted octanol–water partition coefficient (Wildman–Crippen LogP) is 4.22. The van der Waals surface area contributed by atoms with Gasteiger partial charge in [0.05, 0.1) is 0 Å². The van der Waals surface area contributed by atoms with Gasteiger partial charge in [0.25, 0.3) is 0 Å². The summed E-state index contributed by atoms with van der Waals surface area (Å²) in [7, 11) is 0. The third-order valence-electron chi connectivity index (χ3n) is 4.54. The Labute approximate surface area is 129 Å². The molecule has 3 rings (SSSR count). The van der Waals surface area contributed by atoms with Gasteiger partial charge < -0.3 is 5.73 Å². The van der Waals surface area contributed by atoms with Gasteiger partial charge in [0.2, 0.25) is 0 Å². The van der Waals surface area contributed by atoms with Crippen LogP contribution < -0.4 is 5.73 Å². The number of fused-ring (bicyclic) bond motifs is 1. The second-order valence-electron chi connectivity index (χ2n) is 5.80. The summed E-state index contributed by atoms with van der Waals surface area (Å²) in [4.78, 5) is 0. The van der Waals surface area contributed by atoms with E-state index in [1.807, 2.05) is 0 Å². The van der Waals surface area contributed by atoms with E-state index in [0.29, 0.717) is 0 Å². The summed E-state index contributed by atoms with van der Waals surface area (Å²) in [5.74, 6) is 0. The van der Waals surface area contributed by atoms with Crippen molar-refractivity contribution in [3.8, 4) is 0 Å². The number of aryl methyl sites for hydroxylation is 1. The van der Waals surface area contributed by atoms with Crippen LogP contribution in [-0.4, -0.2) is 6.54 Å². The van der Waals surface area contributed by atoms with Gasteiger partial charge in [0.15, 0.2) is 0 Å². The molecule has 0 heterocycles. The summed E-state index contributed by atoms with van der Waals surface area (Å²) < 4.78 is 1.13. The topological polar surface area (TPSA) is 26.0 Å². The van der Waals surface area contributed by atoms with Crippen molar-refractivity contribution in [2.45, 2.75) is 31.1 Å². The maximum absolute atomic E-state index is 6.22. The van der Waals surface area contributed by atoms with Gasteiger partial charge >= 0.3 is 0 Å². The Hall–Kier alpha value is -1.12. The molecule has 0 spiro atoms. The molecule has 1 unspecified atom stereocenters. The lowest BCUT2D eigenvalue weighted by Crippen LogP contribution is -2.40. The standard InChI is InChI=1S/C18H20BrN/c19-16-9-7-14(8-10-16)12-18(13-20)11-3-5-15-4-1-2-6-17(15)18/h1-2,4,6-10H,3,5,11-13,20H2. The Kier molecular flexibility index (Phi) is 3.95. The van der Waals surface area contributed by atoms with Crippen molar-refractivity contribution in [3.63, 3.8) is 0 Å². The molecule has 1 aliphatic carbocycles. The molecule has 1 aliphatic rings. The highest BCUT2D eigenvalue weighted by Gasteiger charge is 2.35. The maximum atomic E-state index is 6.22. The van der Waals surface area contributed by atoms with E-state index in [1.54, 1.807) is 0 Å². The quantitative estimate of drug-likeness (QED) is 0.896. The third kappa shape index (κ3) is 2.55. The van der Waals surface area contributed by atoms with Crippen LogP contribution in [0.25, 0.3) is 0 Å². The Morgan fingerprint density at radius 1 is 1.05 bits per heavy atom. The molecule has 2 aromatic carbocycles. The first-order valence-electron chi connectivity index (χ1n) is 7.26. The lowest BCUT2D eigenvalue weighted by molar-refractivity contribution is 0.365. The first-order chi connectivity index (χ1) is 9.73. The fraction of sp³-hybridized carbons (Fsp3) is 0.333. The normalized spacial score (nSPS) is 21.5. The Bertz CT molecular complexity index is 591. The third-order valence-corrected chi connectivity index (χ3v) is 5.07. The molecular weight excluding hydrogens is 310 g/mol. The molecule has 0 saturated carbocycles. The van der Waals surface area contributed by atoms with Crippen LogP contribution in [0, 0.1) is 0 Å². The molecule has 2 heteroatoms. The number of nitrogens with two attached hydrogens (primary N) is 1. The van der Waals surface area contributed by atoms with E-state index in [-0.39, 0.29) is 5.41 Å². The minimum absolute atomic E-state index is 0.114. The molecular formula is C18H20BrN. The average Bonchev–Trinajstić information content (AvgIpc) is 2.50. The lowest BCUT2D eigenvalue weighted by Gasteiger charge is -2.38. The molecule has 2 aromatic rings. The summed E-state index contributed by atoms with van der Waals surface area (Å²) in [5, 5.41) is 0. The van der Waals surface area contributed by atoms with Gasteiger partial charge in [-0.1, -0.05) is 52.3 Å². The fourth-order valence-corrected chi connectivity index (χ4v) is 3.73. The van der Waals surface area contributed by atoms with Crippen LogP contribution in [0.1, 0.15) is 29.5 Å². The number of rotatable bonds is 3. The molecule has 2 N–H and O–H groups in total. The van der Waals surface area contributed by atoms with E-state index in [1.165, 1.54) is 36.0 Å². The van der Waals surface area contributed by atoms with Crippen molar-refractivity contribution in [1.29, 1.82) is 0 Å². The van der Waals surface area contributed by atoms with Crippen molar-refractivity contribution in [2.24, 2.45) is 5.73 Å². The number of hydrogen-bond acceptors (Lipinski definition) is 1. The van der Waals surface area contributed by atoms with Crippen molar-refractivity contribution < 1.29 is 0 Å². The smallest absolute Gasteiger partial charge is 0.0175 e. The zero-order chi connectivity index (χ0) is 14.0. The minimum Gasteiger partial charge on any atom is -0.330 e. The first-order valence-corrected chi connectivity index (χ1v) is 8.06. The molecule has 0 bridgehead atoms. The van der Waals surface area contributed by atoms with Gasteiger partial charge in [-0.05, 0) is 54.5 Å². The zero-order valence-corrected chi connectivity index (χ0v) is 13.2. The summed E-state index contributed by atoms with van der Waals surface area (Å²) in [5.41, 5.74) is 10.7. The number of hydrogen-bond donors (Lipinski definition) is 1. The molecule has 1 atom stereocenters. The maximum Gasteiger partial charge on any atom is 0.0175 e. The molecule has 0 saturated heterocycles. The van der Waals surface area contributed by atoms with E-state index in [9.17, 15) is 0 Å². The van der Waals surface area contributed by atoms with Crippen molar-refractivity contribution in [1.82, 2.24) is 0 Å². The van der Waals surface area contributed by atoms with Crippen LogP contribution in [0.5, 0.6) is 0 Å². The van der Waals surface area contributed by atoms with Crippen LogP contribution in [0.15, 0.2) is 53.0 Å². The fourth-order valence-electron chi connectivity index (χ4n) is 3.47. The van der Waals surface area contributed by atoms with Gasteiger partial charge in [0.1, 0.15) is 0 Å². The molecule has 0 aliphatic heterocycles. The van der Waals surface area contributed by atoms with E-state index >= 15 is 0 Å². The number of halogens is 1. The molecule has 104 valence electrons. The van der Waals surface area contributed by atoms with Crippen molar-refractivity contribution in [2.75, 3.05) is 6.54 Å². The Balaban J connectivity index is 1.98. The van der Waals surface area contributed by atoms with Crippen molar-refractivity contribution >= 4 is 15.9 Å². The zero-order valence-electron chi connectivity index (χ0n) is 11.6. The van der Waals surface area contributed by atoms with E-state index in [2.05, 4.69) is 64.5 Å². The van der Waals surface area contributed by atoms with Crippen molar-refractivity contribution in [3.05, 3.63) is 69.7 Å². The Morgan fingerprint density at radius 3 is 2.55 bits per heavy atom. The van der Waals surface area contributed by atoms with Gasteiger partial charge in [-0.2, -0.15) is 0 Å². The first kappa shape index (κ1) is 13.8. The Morgan fingerprint density at radius 2 is 1.80 bits per heavy atom. The van der Waals surface area contributed by atoms with Gasteiger partial charge in [0, 0.05) is 16.4 Å². The van der Waals surface area contributed by atoms with E-state index in [0.717, 1.165) is 17.4 Å². The molecule has 20 heavy (non-hydrogen) atoms.